The van der Waals surface area contributed by atoms with Gasteiger partial charge in [-0.25, -0.2) is 30.7 Å². The molecule has 4 aromatic rings. The van der Waals surface area contributed by atoms with Gasteiger partial charge in [0.25, 0.3) is 0 Å². The first-order valence-corrected chi connectivity index (χ1v) is 13.9. The van der Waals surface area contributed by atoms with Crippen molar-refractivity contribution in [1.82, 2.24) is 0 Å². The Morgan fingerprint density at radius 1 is 0.562 bits per heavy atom. The normalized spacial score (nSPS) is 11.4. The van der Waals surface area contributed by atoms with Crippen LogP contribution < -0.4 is 4.74 Å². The molecule has 0 heterocycles. The molecule has 0 atom stereocenters. The minimum Gasteiger partial charge on any atom is -0.429 e. The average molecular weight is 685 g/mol. The minimum absolute atomic E-state index is 0.262. The van der Waals surface area contributed by atoms with E-state index in [1.54, 1.807) is 0 Å². The van der Waals surface area contributed by atoms with Gasteiger partial charge in [0.2, 0.25) is 0 Å². The molecule has 0 aliphatic heterocycles. The van der Waals surface area contributed by atoms with Crippen molar-refractivity contribution in [3.8, 4) is 29.4 Å². The highest BCUT2D eigenvalue weighted by molar-refractivity contribution is 5.48. The van der Waals surface area contributed by atoms with Crippen molar-refractivity contribution >= 4 is 0 Å². The maximum atomic E-state index is 14.9. The van der Waals surface area contributed by atoms with Gasteiger partial charge in [0.15, 0.2) is 0 Å². The number of benzene rings is 4. The van der Waals surface area contributed by atoms with E-state index >= 15 is 0 Å². The van der Waals surface area contributed by atoms with Crippen LogP contribution in [0, 0.1) is 64.4 Å². The van der Waals surface area contributed by atoms with E-state index in [4.69, 9.17) is 0 Å². The third-order valence-corrected chi connectivity index (χ3v) is 6.69. The zero-order chi connectivity index (χ0) is 35.4. The predicted molar refractivity (Wildman–Crippen MR) is 150 cm³/mol. The SMILES string of the molecule is CCCCCc1cc(F)c(C#Cc2cc(F)c(C(F)(F)Oc3ccc(C#Cc4cc(F)c(C(F)(F)F)c(F)c4)c(F)c3)c(F)c2)c(F)c1. The number of alkyl halides is 5. The second-order valence-electron chi connectivity index (χ2n) is 10.3. The Hall–Kier alpha value is -5.04. The molecule has 0 aromatic heterocycles. The maximum absolute atomic E-state index is 14.9. The molecule has 0 aliphatic rings. The summed E-state index contributed by atoms with van der Waals surface area (Å²) in [6.45, 7) is 1.96. The van der Waals surface area contributed by atoms with Crippen LogP contribution in [0.2, 0.25) is 0 Å². The lowest BCUT2D eigenvalue weighted by Gasteiger charge is -2.19. The summed E-state index contributed by atoms with van der Waals surface area (Å²) < 4.78 is 173. The Morgan fingerprint density at radius 3 is 1.58 bits per heavy atom. The largest absolute Gasteiger partial charge is 0.432 e. The second-order valence-corrected chi connectivity index (χ2v) is 10.3. The standard InChI is InChI=1S/C35H20F12O/c1-2-3-4-5-19-12-26(37)24(27(38)13-19)11-7-21-16-30(41)33(31(42)17-21)35(46,47)48-23-10-9-22(25(36)18-23)8-6-20-14-28(39)32(29(40)15-20)34(43,44)45/h9-10,12-18H,2-5H2,1H3. The Labute approximate surface area is 266 Å². The number of rotatable bonds is 7. The van der Waals surface area contributed by atoms with Crippen molar-refractivity contribution in [3.63, 3.8) is 0 Å². The molecular formula is C35H20F12O. The highest BCUT2D eigenvalue weighted by atomic mass is 19.4. The third kappa shape index (κ3) is 8.45. The summed E-state index contributed by atoms with van der Waals surface area (Å²) in [5.74, 6) is -3.62. The van der Waals surface area contributed by atoms with Gasteiger partial charge in [-0.15, -0.1) is 0 Å². The molecule has 4 aromatic carbocycles. The van der Waals surface area contributed by atoms with Gasteiger partial charge in [-0.1, -0.05) is 43.4 Å². The van der Waals surface area contributed by atoms with Crippen molar-refractivity contribution in [2.45, 2.75) is 44.9 Å². The number of hydrogen-bond donors (Lipinski definition) is 0. The van der Waals surface area contributed by atoms with Gasteiger partial charge < -0.3 is 4.74 Å². The fourth-order valence-corrected chi connectivity index (χ4v) is 4.44. The van der Waals surface area contributed by atoms with E-state index < -0.39 is 92.1 Å². The van der Waals surface area contributed by atoms with Crippen molar-refractivity contribution in [2.75, 3.05) is 0 Å². The molecule has 0 aliphatic carbocycles. The third-order valence-electron chi connectivity index (χ3n) is 6.69. The number of hydrogen-bond acceptors (Lipinski definition) is 1. The first kappa shape index (κ1) is 35.8. The van der Waals surface area contributed by atoms with E-state index in [0.29, 0.717) is 42.7 Å². The Balaban J connectivity index is 1.53. The molecule has 0 radical (unpaired) electrons. The molecule has 0 amide bonds. The quantitative estimate of drug-likeness (QED) is 0.107. The summed E-state index contributed by atoms with van der Waals surface area (Å²) in [5, 5.41) is 0. The molecule has 0 unspecified atom stereocenters. The van der Waals surface area contributed by atoms with Gasteiger partial charge >= 0.3 is 12.3 Å². The highest BCUT2D eigenvalue weighted by Gasteiger charge is 2.41. The molecule has 0 fully saturated rings. The zero-order valence-electron chi connectivity index (χ0n) is 24.5. The van der Waals surface area contributed by atoms with Gasteiger partial charge in [0, 0.05) is 17.2 Å². The van der Waals surface area contributed by atoms with Crippen LogP contribution in [0.15, 0.2) is 54.6 Å². The first-order chi connectivity index (χ1) is 22.5. The summed E-state index contributed by atoms with van der Waals surface area (Å²) in [7, 11) is 0. The highest BCUT2D eigenvalue weighted by Crippen LogP contribution is 2.36. The van der Waals surface area contributed by atoms with Gasteiger partial charge in [0.1, 0.15) is 57.6 Å². The lowest BCUT2D eigenvalue weighted by Crippen LogP contribution is -2.25. The smallest absolute Gasteiger partial charge is 0.429 e. The Bertz CT molecular complexity index is 1900. The van der Waals surface area contributed by atoms with E-state index in [2.05, 4.69) is 22.5 Å². The van der Waals surface area contributed by atoms with Gasteiger partial charge in [0.05, 0.1) is 11.1 Å². The average Bonchev–Trinajstić information content (AvgIpc) is 2.94. The van der Waals surface area contributed by atoms with Crippen molar-refractivity contribution in [3.05, 3.63) is 134 Å². The summed E-state index contributed by atoms with van der Waals surface area (Å²) >= 11 is 0. The second kappa shape index (κ2) is 14.4. The number of halogens is 12. The van der Waals surface area contributed by atoms with Crippen LogP contribution in [0.3, 0.4) is 0 Å². The van der Waals surface area contributed by atoms with Gasteiger partial charge in [-0.2, -0.15) is 22.0 Å². The molecule has 0 saturated carbocycles. The first-order valence-electron chi connectivity index (χ1n) is 13.9. The Kier molecular flexibility index (Phi) is 10.7. The van der Waals surface area contributed by atoms with E-state index in [1.165, 1.54) is 0 Å². The number of aryl methyl sites for hydroxylation is 1. The van der Waals surface area contributed by atoms with Crippen LogP contribution in [0.5, 0.6) is 5.75 Å². The number of unbranched alkanes of at least 4 members (excludes halogenated alkanes) is 2. The lowest BCUT2D eigenvalue weighted by atomic mass is 10.0. The molecule has 48 heavy (non-hydrogen) atoms. The van der Waals surface area contributed by atoms with E-state index in [0.717, 1.165) is 31.0 Å². The van der Waals surface area contributed by atoms with Crippen LogP contribution >= 0.6 is 0 Å². The monoisotopic (exact) mass is 684 g/mol. The minimum atomic E-state index is -5.33. The molecule has 0 spiro atoms. The summed E-state index contributed by atoms with van der Waals surface area (Å²) in [6.07, 6.45) is -7.18. The molecule has 0 bridgehead atoms. The van der Waals surface area contributed by atoms with Crippen molar-refractivity contribution in [2.24, 2.45) is 0 Å². The fraction of sp³-hybridized carbons (Fsp3) is 0.200. The maximum Gasteiger partial charge on any atom is 0.432 e. The van der Waals surface area contributed by atoms with E-state index in [-0.39, 0.29) is 12.1 Å². The molecular weight excluding hydrogens is 664 g/mol. The number of ether oxygens (including phenoxy) is 1. The van der Waals surface area contributed by atoms with Gasteiger partial charge in [-0.05, 0) is 66.9 Å². The predicted octanol–water partition coefficient (Wildman–Crippen LogP) is 10.3. The van der Waals surface area contributed by atoms with Crippen LogP contribution in [0.25, 0.3) is 0 Å². The topological polar surface area (TPSA) is 9.23 Å². The summed E-state index contributed by atoms with van der Waals surface area (Å²) in [5.41, 5.74) is -6.06. The molecule has 0 saturated heterocycles. The Morgan fingerprint density at radius 2 is 1.08 bits per heavy atom. The summed E-state index contributed by atoms with van der Waals surface area (Å²) in [6, 6.07) is 5.25. The molecule has 4 rings (SSSR count). The molecule has 1 nitrogen and oxygen atoms in total. The van der Waals surface area contributed by atoms with E-state index in [9.17, 15) is 52.7 Å². The lowest BCUT2D eigenvalue weighted by molar-refractivity contribution is -0.189. The van der Waals surface area contributed by atoms with Gasteiger partial charge in [-0.3, -0.25) is 0 Å². The van der Waals surface area contributed by atoms with Crippen molar-refractivity contribution in [1.29, 1.82) is 0 Å². The molecule has 13 heteroatoms. The van der Waals surface area contributed by atoms with Crippen LogP contribution in [-0.4, -0.2) is 0 Å². The fourth-order valence-electron chi connectivity index (χ4n) is 4.44. The molecule has 0 N–H and O–H groups in total. The summed E-state index contributed by atoms with van der Waals surface area (Å²) in [4.78, 5) is 0. The van der Waals surface area contributed by atoms with Crippen LogP contribution in [-0.2, 0) is 18.7 Å². The van der Waals surface area contributed by atoms with E-state index in [1.807, 2.05) is 12.8 Å². The molecule has 250 valence electrons. The van der Waals surface area contributed by atoms with Crippen LogP contribution in [0.1, 0.15) is 65.1 Å². The van der Waals surface area contributed by atoms with Crippen LogP contribution in [0.4, 0.5) is 52.7 Å². The zero-order valence-corrected chi connectivity index (χ0v) is 24.5. The van der Waals surface area contributed by atoms with Crippen molar-refractivity contribution < 1.29 is 57.4 Å².